The Labute approximate surface area is 243 Å². The van der Waals surface area contributed by atoms with Crippen LogP contribution in [0.5, 0.6) is 0 Å². The molecule has 1 saturated carbocycles. The van der Waals surface area contributed by atoms with Crippen LogP contribution in [0.3, 0.4) is 0 Å². The van der Waals surface area contributed by atoms with E-state index in [2.05, 4.69) is 44.8 Å². The number of H-pyrrole nitrogens is 1. The van der Waals surface area contributed by atoms with Crippen molar-refractivity contribution in [2.24, 2.45) is 0 Å². The number of nitrogens with one attached hydrogen (secondary N) is 2. The lowest BCUT2D eigenvalue weighted by Gasteiger charge is -2.33. The summed E-state index contributed by atoms with van der Waals surface area (Å²) in [4.78, 5) is 23.0. The summed E-state index contributed by atoms with van der Waals surface area (Å²) in [6, 6.07) is 17.9. The minimum atomic E-state index is -0.584. The second-order valence-electron chi connectivity index (χ2n) is 11.8. The molecule has 7 rings (SSSR count). The lowest BCUT2D eigenvalue weighted by Crippen LogP contribution is -2.31. The van der Waals surface area contributed by atoms with Crippen LogP contribution in [-0.2, 0) is 19.7 Å². The van der Waals surface area contributed by atoms with Crippen LogP contribution in [0, 0.1) is 0 Å². The second-order valence-corrected chi connectivity index (χ2v) is 11.8. The van der Waals surface area contributed by atoms with Crippen molar-refractivity contribution in [3.8, 4) is 22.4 Å². The molecule has 2 amide bonds. The lowest BCUT2D eigenvalue weighted by atomic mass is 9.84. The molecule has 1 fully saturated rings. The molecule has 5 aromatic rings. The summed E-state index contributed by atoms with van der Waals surface area (Å²) in [7, 11) is 0. The highest BCUT2D eigenvalue weighted by Crippen LogP contribution is 2.38. The Morgan fingerprint density at radius 3 is 2.57 bits per heavy atom. The average Bonchev–Trinajstić information content (AvgIpc) is 3.75. The number of amides is 2. The van der Waals surface area contributed by atoms with E-state index < -0.39 is 5.60 Å². The van der Waals surface area contributed by atoms with Gasteiger partial charge < -0.3 is 25.4 Å². The average molecular weight is 563 g/mol. The van der Waals surface area contributed by atoms with Gasteiger partial charge in [0, 0.05) is 47.7 Å². The zero-order valence-corrected chi connectivity index (χ0v) is 23.5. The highest BCUT2D eigenvalue weighted by atomic mass is 16.3. The van der Waals surface area contributed by atoms with Gasteiger partial charge in [0.1, 0.15) is 5.65 Å². The third-order valence-electron chi connectivity index (χ3n) is 8.84. The minimum Gasteiger partial charge on any atom is -0.392 e. The molecule has 2 aromatic carbocycles. The Morgan fingerprint density at radius 2 is 1.83 bits per heavy atom. The van der Waals surface area contributed by atoms with Crippen molar-refractivity contribution in [1.82, 2.24) is 24.6 Å². The van der Waals surface area contributed by atoms with E-state index in [4.69, 9.17) is 0 Å². The third-order valence-corrected chi connectivity index (χ3v) is 8.84. The zero-order chi connectivity index (χ0) is 28.8. The molecule has 0 bridgehead atoms. The molecule has 0 atom stereocenters. The van der Waals surface area contributed by atoms with E-state index in [1.807, 2.05) is 54.2 Å². The van der Waals surface area contributed by atoms with Gasteiger partial charge in [0.2, 0.25) is 0 Å². The van der Waals surface area contributed by atoms with Gasteiger partial charge in [0.05, 0.1) is 30.1 Å². The summed E-state index contributed by atoms with van der Waals surface area (Å²) < 4.78 is 2.01. The van der Waals surface area contributed by atoms with Gasteiger partial charge >= 0.3 is 6.03 Å². The molecular weight excluding hydrogens is 528 g/mol. The first-order valence-electron chi connectivity index (χ1n) is 14.5. The number of hydrogen-bond donors (Lipinski definition) is 4. The second kappa shape index (κ2) is 10.4. The van der Waals surface area contributed by atoms with Crippen LogP contribution in [0.15, 0.2) is 73.2 Å². The SMILES string of the molecule is CC1(O)CCC(n2cc(-c3cc4c(-c5cccc(NC(=O)N6Cc7ccccc7C6)c5CO)ccnc4[nH]3)cn2)CC1. The van der Waals surface area contributed by atoms with E-state index in [1.54, 1.807) is 11.1 Å². The van der Waals surface area contributed by atoms with Crippen LogP contribution >= 0.6 is 0 Å². The molecule has 1 aliphatic heterocycles. The monoisotopic (exact) mass is 562 g/mol. The van der Waals surface area contributed by atoms with Gasteiger partial charge in [-0.2, -0.15) is 5.10 Å². The van der Waals surface area contributed by atoms with Crippen molar-refractivity contribution < 1.29 is 15.0 Å². The number of hydrogen-bond acceptors (Lipinski definition) is 5. The maximum atomic E-state index is 13.2. The highest BCUT2D eigenvalue weighted by Gasteiger charge is 2.30. The first-order chi connectivity index (χ1) is 20.4. The van der Waals surface area contributed by atoms with Crippen molar-refractivity contribution in [3.05, 3.63) is 89.9 Å². The van der Waals surface area contributed by atoms with Gasteiger partial charge in [-0.3, -0.25) is 4.68 Å². The fourth-order valence-electron chi connectivity index (χ4n) is 6.38. The highest BCUT2D eigenvalue weighted by molar-refractivity contribution is 5.99. The molecule has 0 spiro atoms. The Morgan fingerprint density at radius 1 is 1.07 bits per heavy atom. The number of aliphatic hydroxyl groups is 2. The van der Waals surface area contributed by atoms with E-state index in [9.17, 15) is 15.0 Å². The fraction of sp³-hybridized carbons (Fsp3) is 0.303. The summed E-state index contributed by atoms with van der Waals surface area (Å²) >= 11 is 0. The molecule has 9 heteroatoms. The minimum absolute atomic E-state index is 0.194. The van der Waals surface area contributed by atoms with Crippen LogP contribution in [0.25, 0.3) is 33.4 Å². The molecule has 4 heterocycles. The van der Waals surface area contributed by atoms with Gasteiger partial charge in [-0.15, -0.1) is 0 Å². The molecule has 0 unspecified atom stereocenters. The molecule has 3 aromatic heterocycles. The standard InChI is InChI=1S/C33H34N6O3/c1-33(42)12-9-24(10-13-33)39-19-23(16-35-39)30-15-27-26(11-14-34-31(27)36-30)25-7-4-8-29(28(25)20-40)37-32(41)38-17-21-5-2-3-6-22(21)18-38/h2-8,11,14-16,19,24,40,42H,9-10,12-13,17-18,20H2,1H3,(H,34,36)(H,37,41). The quantitative estimate of drug-likeness (QED) is 0.210. The number of benzene rings is 2. The molecule has 4 N–H and O–H groups in total. The van der Waals surface area contributed by atoms with Crippen LogP contribution < -0.4 is 5.32 Å². The van der Waals surface area contributed by atoms with E-state index in [-0.39, 0.29) is 18.7 Å². The Kier molecular flexibility index (Phi) is 6.56. The van der Waals surface area contributed by atoms with Crippen LogP contribution in [0.2, 0.25) is 0 Å². The Hall–Kier alpha value is -4.47. The molecule has 9 nitrogen and oxygen atoms in total. The largest absolute Gasteiger partial charge is 0.392 e. The summed E-state index contributed by atoms with van der Waals surface area (Å²) in [6.45, 7) is 2.80. The topological polar surface area (TPSA) is 119 Å². The Bertz CT molecular complexity index is 1750. The van der Waals surface area contributed by atoms with Gasteiger partial charge in [-0.1, -0.05) is 36.4 Å². The first kappa shape index (κ1) is 26.4. The van der Waals surface area contributed by atoms with Crippen LogP contribution in [0.4, 0.5) is 10.5 Å². The number of rotatable bonds is 5. The van der Waals surface area contributed by atoms with E-state index in [0.717, 1.165) is 70.2 Å². The third kappa shape index (κ3) is 4.84. The van der Waals surface area contributed by atoms with Gasteiger partial charge in [0.15, 0.2) is 0 Å². The van der Waals surface area contributed by atoms with Crippen molar-refractivity contribution >= 4 is 22.8 Å². The number of carbonyl (C=O) groups excluding carboxylic acids is 1. The lowest BCUT2D eigenvalue weighted by molar-refractivity contribution is 0.00851. The van der Waals surface area contributed by atoms with Gasteiger partial charge in [-0.05, 0) is 73.1 Å². The summed E-state index contributed by atoms with van der Waals surface area (Å²) in [6.07, 6.45) is 9.01. The van der Waals surface area contributed by atoms with Gasteiger partial charge in [0.25, 0.3) is 0 Å². The predicted octanol–water partition coefficient (Wildman–Crippen LogP) is 6.00. The molecule has 0 saturated heterocycles. The van der Waals surface area contributed by atoms with E-state index in [0.29, 0.717) is 24.3 Å². The number of carbonyl (C=O) groups is 1. The number of pyridine rings is 1. The predicted molar refractivity (Wildman–Crippen MR) is 162 cm³/mol. The molecular formula is C33H34N6O3. The summed E-state index contributed by atoms with van der Waals surface area (Å²) in [5, 5.41) is 29.4. The number of nitrogens with zero attached hydrogens (tertiary/aromatic N) is 4. The molecule has 2 aliphatic rings. The summed E-state index contributed by atoms with van der Waals surface area (Å²) in [5.74, 6) is 0. The number of anilines is 1. The molecule has 42 heavy (non-hydrogen) atoms. The van der Waals surface area contributed by atoms with Crippen molar-refractivity contribution in [3.63, 3.8) is 0 Å². The smallest absolute Gasteiger partial charge is 0.322 e. The van der Waals surface area contributed by atoms with Crippen LogP contribution in [-0.4, -0.2) is 46.5 Å². The normalized spacial score (nSPS) is 20.2. The molecule has 0 radical (unpaired) electrons. The molecule has 1 aliphatic carbocycles. The number of urea groups is 1. The summed E-state index contributed by atoms with van der Waals surface area (Å²) in [5.41, 5.74) is 7.32. The Balaban J connectivity index is 1.16. The van der Waals surface area contributed by atoms with E-state index >= 15 is 0 Å². The van der Waals surface area contributed by atoms with Crippen molar-refractivity contribution in [1.29, 1.82) is 0 Å². The maximum absolute atomic E-state index is 13.2. The zero-order valence-electron chi connectivity index (χ0n) is 23.5. The molecule has 214 valence electrons. The number of aromatic nitrogens is 4. The fourth-order valence-corrected chi connectivity index (χ4v) is 6.38. The van der Waals surface area contributed by atoms with Gasteiger partial charge in [-0.25, -0.2) is 9.78 Å². The van der Waals surface area contributed by atoms with E-state index in [1.165, 1.54) is 0 Å². The number of aliphatic hydroxyl groups excluding tert-OH is 1. The number of fused-ring (bicyclic) bond motifs is 2. The first-order valence-corrected chi connectivity index (χ1v) is 14.5. The van der Waals surface area contributed by atoms with Crippen molar-refractivity contribution in [2.45, 2.75) is 63.9 Å². The maximum Gasteiger partial charge on any atom is 0.322 e. The number of aromatic amines is 1. The van der Waals surface area contributed by atoms with Crippen LogP contribution in [0.1, 0.15) is 55.3 Å². The van der Waals surface area contributed by atoms with Crippen molar-refractivity contribution in [2.75, 3.05) is 5.32 Å².